The molecule has 0 aromatic heterocycles. The number of rotatable bonds is 11. The molecule has 0 bridgehead atoms. The van der Waals surface area contributed by atoms with Gasteiger partial charge in [0.1, 0.15) is 5.78 Å². The van der Waals surface area contributed by atoms with Crippen LogP contribution in [0.25, 0.3) is 0 Å². The number of Topliss-reactive ketones (excluding diaryl/α,β-unsaturated/α-hetero) is 1. The Balaban J connectivity index is 1.65. The molecular formula is C32H38N4O6S. The van der Waals surface area contributed by atoms with Crippen LogP contribution in [0.3, 0.4) is 0 Å². The first-order chi connectivity index (χ1) is 20.4. The van der Waals surface area contributed by atoms with E-state index in [-0.39, 0.29) is 41.5 Å². The first kappa shape index (κ1) is 31.9. The van der Waals surface area contributed by atoms with Gasteiger partial charge >= 0.3 is 0 Å². The first-order valence-corrected chi connectivity index (χ1v) is 16.0. The van der Waals surface area contributed by atoms with Gasteiger partial charge in [-0.2, -0.15) is 0 Å². The lowest BCUT2D eigenvalue weighted by molar-refractivity contribution is -0.121. The number of carbonyl (C=O) groups is 3. The summed E-state index contributed by atoms with van der Waals surface area (Å²) in [5.74, 6) is -1.06. The maximum atomic E-state index is 13.7. The third-order valence-corrected chi connectivity index (χ3v) is 8.85. The third kappa shape index (κ3) is 8.50. The van der Waals surface area contributed by atoms with Crippen LogP contribution in [0.2, 0.25) is 0 Å². The van der Waals surface area contributed by atoms with Gasteiger partial charge in [-0.15, -0.1) is 0 Å². The van der Waals surface area contributed by atoms with Gasteiger partial charge in [0.05, 0.1) is 30.1 Å². The predicted octanol–water partition coefficient (Wildman–Crippen LogP) is 2.60. The maximum absolute atomic E-state index is 13.7. The molecule has 4 rings (SSSR count). The highest BCUT2D eigenvalue weighted by atomic mass is 32.2. The van der Waals surface area contributed by atoms with Crippen LogP contribution < -0.4 is 20.3 Å². The van der Waals surface area contributed by atoms with E-state index in [1.807, 2.05) is 67.6 Å². The molecule has 1 saturated heterocycles. The van der Waals surface area contributed by atoms with Crippen molar-refractivity contribution in [1.29, 1.82) is 0 Å². The van der Waals surface area contributed by atoms with E-state index < -0.39 is 40.0 Å². The number of piperidine rings is 1. The molecule has 1 aliphatic heterocycles. The number of anilines is 1. The Bertz CT molecular complexity index is 1550. The molecule has 0 spiro atoms. The van der Waals surface area contributed by atoms with E-state index in [0.717, 1.165) is 21.7 Å². The average Bonchev–Trinajstić information content (AvgIpc) is 3.00. The summed E-state index contributed by atoms with van der Waals surface area (Å²) in [5, 5.41) is 20.3. The average molecular weight is 607 g/mol. The number of ketones is 1. The van der Waals surface area contributed by atoms with E-state index in [1.165, 1.54) is 25.2 Å². The number of hydrogen-bond donors (Lipinski definition) is 4. The monoisotopic (exact) mass is 606 g/mol. The number of aliphatic hydroxyl groups is 1. The molecule has 1 heterocycles. The molecule has 4 unspecified atom stereocenters. The highest BCUT2D eigenvalue weighted by molar-refractivity contribution is 7.92. The zero-order valence-electron chi connectivity index (χ0n) is 24.5. The summed E-state index contributed by atoms with van der Waals surface area (Å²) in [4.78, 5) is 39.2. The molecule has 11 heteroatoms. The van der Waals surface area contributed by atoms with Gasteiger partial charge in [-0.25, -0.2) is 8.42 Å². The molecule has 1 fully saturated rings. The van der Waals surface area contributed by atoms with Crippen molar-refractivity contribution in [2.24, 2.45) is 0 Å². The van der Waals surface area contributed by atoms with Crippen LogP contribution in [0.4, 0.5) is 5.69 Å². The van der Waals surface area contributed by atoms with Crippen LogP contribution in [-0.4, -0.2) is 69.2 Å². The van der Waals surface area contributed by atoms with Crippen molar-refractivity contribution in [1.82, 2.24) is 16.0 Å². The summed E-state index contributed by atoms with van der Waals surface area (Å²) in [5.41, 5.74) is 2.02. The fraction of sp³-hybridized carbons (Fsp3) is 0.344. The molecule has 2 amide bonds. The zero-order valence-corrected chi connectivity index (χ0v) is 25.3. The minimum Gasteiger partial charge on any atom is -0.389 e. The minimum atomic E-state index is -3.71. The summed E-state index contributed by atoms with van der Waals surface area (Å²) in [6.07, 6.45) is 0.741. The Kier molecular flexibility index (Phi) is 10.3. The van der Waals surface area contributed by atoms with Crippen molar-refractivity contribution in [3.63, 3.8) is 0 Å². The largest absolute Gasteiger partial charge is 0.389 e. The van der Waals surface area contributed by atoms with Crippen LogP contribution in [0.1, 0.15) is 57.7 Å². The van der Waals surface area contributed by atoms with Crippen LogP contribution in [0.5, 0.6) is 0 Å². The van der Waals surface area contributed by atoms with Crippen LogP contribution in [-0.2, 0) is 21.2 Å². The molecule has 1 aliphatic rings. The van der Waals surface area contributed by atoms with Crippen molar-refractivity contribution < 1.29 is 27.9 Å². The lowest BCUT2D eigenvalue weighted by atomic mass is 9.90. The Labute approximate surface area is 252 Å². The van der Waals surface area contributed by atoms with Crippen LogP contribution in [0.15, 0.2) is 78.9 Å². The van der Waals surface area contributed by atoms with Crippen molar-refractivity contribution in [3.8, 4) is 0 Å². The van der Waals surface area contributed by atoms with Gasteiger partial charge in [-0.3, -0.25) is 18.7 Å². The summed E-state index contributed by atoms with van der Waals surface area (Å²) < 4.78 is 25.8. The normalized spacial score (nSPS) is 17.4. The molecule has 10 nitrogen and oxygen atoms in total. The molecule has 43 heavy (non-hydrogen) atoms. The summed E-state index contributed by atoms with van der Waals surface area (Å²) in [7, 11) is -2.37. The number of amides is 2. The quantitative estimate of drug-likeness (QED) is 0.263. The SMILES string of the molecule is CC(NC(=O)c1cc(C(=O)NC(Cc2ccccc2)C(O)C2CC(=O)CCN2)cc(N(C)S(C)(=O)=O)c1)c1ccccc1. The topological polar surface area (TPSA) is 145 Å². The highest BCUT2D eigenvalue weighted by Crippen LogP contribution is 2.23. The molecule has 0 saturated carbocycles. The van der Waals surface area contributed by atoms with E-state index in [0.29, 0.717) is 13.0 Å². The van der Waals surface area contributed by atoms with Gasteiger partial charge in [0, 0.05) is 43.6 Å². The van der Waals surface area contributed by atoms with Gasteiger partial charge < -0.3 is 21.1 Å². The number of aliphatic hydroxyl groups excluding tert-OH is 1. The molecule has 3 aromatic rings. The van der Waals surface area contributed by atoms with E-state index in [9.17, 15) is 27.9 Å². The van der Waals surface area contributed by atoms with Gasteiger partial charge in [0.25, 0.3) is 11.8 Å². The fourth-order valence-electron chi connectivity index (χ4n) is 5.07. The van der Waals surface area contributed by atoms with Gasteiger partial charge in [-0.05, 0) is 42.7 Å². The lowest BCUT2D eigenvalue weighted by Crippen LogP contribution is -2.56. The first-order valence-electron chi connectivity index (χ1n) is 14.1. The van der Waals surface area contributed by atoms with Crippen molar-refractivity contribution in [2.45, 2.75) is 50.4 Å². The smallest absolute Gasteiger partial charge is 0.251 e. The van der Waals surface area contributed by atoms with Crippen molar-refractivity contribution in [2.75, 3.05) is 24.2 Å². The lowest BCUT2D eigenvalue weighted by Gasteiger charge is -2.33. The second kappa shape index (κ2) is 13.9. The molecular weight excluding hydrogens is 568 g/mol. The Hall–Kier alpha value is -4.06. The molecule has 228 valence electrons. The Morgan fingerprint density at radius 1 is 0.977 bits per heavy atom. The van der Waals surface area contributed by atoms with E-state index in [1.54, 1.807) is 0 Å². The number of hydrogen-bond acceptors (Lipinski definition) is 7. The predicted molar refractivity (Wildman–Crippen MR) is 165 cm³/mol. The second-order valence-electron chi connectivity index (χ2n) is 10.9. The van der Waals surface area contributed by atoms with Gasteiger partial charge in [0.2, 0.25) is 10.0 Å². The molecule has 4 atom stereocenters. The molecule has 3 aromatic carbocycles. The molecule has 0 radical (unpaired) electrons. The standard InChI is InChI=1S/C32H38N4O6S/c1-21(23-12-8-5-9-13-23)34-31(39)24-17-25(19-26(18-24)36(2)43(3,41)42)32(40)35-29(16-22-10-6-4-7-11-22)30(38)28-20-27(37)14-15-33-28/h4-13,17-19,21,28-30,33,38H,14-16,20H2,1-3H3,(H,34,39)(H,35,40). The summed E-state index contributed by atoms with van der Waals surface area (Å²) in [6.45, 7) is 2.26. The highest BCUT2D eigenvalue weighted by Gasteiger charge is 2.33. The van der Waals surface area contributed by atoms with Crippen LogP contribution in [0, 0.1) is 0 Å². The molecule has 4 N–H and O–H groups in total. The van der Waals surface area contributed by atoms with E-state index >= 15 is 0 Å². The van der Waals surface area contributed by atoms with E-state index in [2.05, 4.69) is 16.0 Å². The van der Waals surface area contributed by atoms with Gasteiger partial charge in [-0.1, -0.05) is 60.7 Å². The van der Waals surface area contributed by atoms with Gasteiger partial charge in [0.15, 0.2) is 0 Å². The maximum Gasteiger partial charge on any atom is 0.251 e. The number of benzene rings is 3. The summed E-state index contributed by atoms with van der Waals surface area (Å²) >= 11 is 0. The van der Waals surface area contributed by atoms with E-state index in [4.69, 9.17) is 0 Å². The second-order valence-corrected chi connectivity index (χ2v) is 12.9. The zero-order chi connectivity index (χ0) is 31.1. The molecule has 0 aliphatic carbocycles. The number of sulfonamides is 1. The van der Waals surface area contributed by atoms with Crippen molar-refractivity contribution in [3.05, 3.63) is 101 Å². The minimum absolute atomic E-state index is 0.0319. The fourth-order valence-corrected chi connectivity index (χ4v) is 5.56. The third-order valence-electron chi connectivity index (χ3n) is 7.65. The Morgan fingerprint density at radius 3 is 2.14 bits per heavy atom. The number of nitrogens with zero attached hydrogens (tertiary/aromatic N) is 1. The Morgan fingerprint density at radius 2 is 1.56 bits per heavy atom. The number of carbonyl (C=O) groups excluding carboxylic acids is 3. The van der Waals surface area contributed by atoms with Crippen molar-refractivity contribution >= 4 is 33.3 Å². The number of nitrogens with one attached hydrogen (secondary N) is 3. The summed E-state index contributed by atoms with van der Waals surface area (Å²) in [6, 6.07) is 21.2. The van der Waals surface area contributed by atoms with Crippen LogP contribution >= 0.6 is 0 Å².